The van der Waals surface area contributed by atoms with Crippen molar-refractivity contribution in [1.82, 2.24) is 10.6 Å². The van der Waals surface area contributed by atoms with E-state index < -0.39 is 0 Å². The lowest BCUT2D eigenvalue weighted by atomic mass is 10.0. The Morgan fingerprint density at radius 2 is 2.07 bits per heavy atom. The Kier molecular flexibility index (Phi) is 3.14. The van der Waals surface area contributed by atoms with E-state index in [-0.39, 0.29) is 11.9 Å². The molecule has 80 valence electrons. The van der Waals surface area contributed by atoms with Crippen molar-refractivity contribution in [2.45, 2.75) is 6.04 Å². The van der Waals surface area contributed by atoms with Gasteiger partial charge in [0.05, 0.1) is 0 Å². The van der Waals surface area contributed by atoms with Gasteiger partial charge in [0.2, 0.25) is 5.91 Å². The molecule has 1 amide bonds. The third-order valence-corrected chi connectivity index (χ3v) is 2.87. The summed E-state index contributed by atoms with van der Waals surface area (Å²) in [4.78, 5) is 11.6. The SMILES string of the molecule is O=C1NCCN[C@H]1c1ccc(Cl)cc1Cl. The lowest BCUT2D eigenvalue weighted by Crippen LogP contribution is -2.47. The Balaban J connectivity index is 2.31. The average molecular weight is 245 g/mol. The van der Waals surface area contributed by atoms with Crippen molar-refractivity contribution >= 4 is 29.1 Å². The zero-order valence-electron chi connectivity index (χ0n) is 7.89. The maximum atomic E-state index is 11.6. The van der Waals surface area contributed by atoms with Crippen molar-refractivity contribution in [2.24, 2.45) is 0 Å². The molecule has 2 N–H and O–H groups in total. The van der Waals surface area contributed by atoms with Gasteiger partial charge in [-0.25, -0.2) is 0 Å². The fourth-order valence-corrected chi connectivity index (χ4v) is 2.10. The second-order valence-electron chi connectivity index (χ2n) is 3.34. The summed E-state index contributed by atoms with van der Waals surface area (Å²) in [6.07, 6.45) is 0. The van der Waals surface area contributed by atoms with E-state index in [0.717, 1.165) is 12.1 Å². The molecule has 1 saturated heterocycles. The summed E-state index contributed by atoms with van der Waals surface area (Å²) >= 11 is 11.8. The number of hydrogen-bond acceptors (Lipinski definition) is 2. The number of benzene rings is 1. The van der Waals surface area contributed by atoms with Gasteiger partial charge < -0.3 is 10.6 Å². The van der Waals surface area contributed by atoms with E-state index >= 15 is 0 Å². The number of amides is 1. The summed E-state index contributed by atoms with van der Waals surface area (Å²) in [5.74, 6) is -0.0505. The normalized spacial score (nSPS) is 21.2. The van der Waals surface area contributed by atoms with Gasteiger partial charge in [-0.3, -0.25) is 4.79 Å². The predicted octanol–water partition coefficient (Wildman–Crippen LogP) is 1.75. The van der Waals surface area contributed by atoms with E-state index in [0.29, 0.717) is 16.6 Å². The van der Waals surface area contributed by atoms with Gasteiger partial charge in [0.25, 0.3) is 0 Å². The van der Waals surface area contributed by atoms with Gasteiger partial charge in [0, 0.05) is 23.1 Å². The Hall–Kier alpha value is -0.770. The molecule has 0 bridgehead atoms. The first-order valence-electron chi connectivity index (χ1n) is 4.64. The maximum Gasteiger partial charge on any atom is 0.241 e. The van der Waals surface area contributed by atoms with Crippen LogP contribution in [-0.4, -0.2) is 19.0 Å². The zero-order valence-corrected chi connectivity index (χ0v) is 9.40. The number of carbonyl (C=O) groups excluding carboxylic acids is 1. The van der Waals surface area contributed by atoms with Gasteiger partial charge in [-0.15, -0.1) is 0 Å². The van der Waals surface area contributed by atoms with Crippen LogP contribution in [0.25, 0.3) is 0 Å². The molecule has 5 heteroatoms. The summed E-state index contributed by atoms with van der Waals surface area (Å²) in [5, 5.41) is 6.97. The molecule has 0 unspecified atom stereocenters. The van der Waals surface area contributed by atoms with Crippen LogP contribution in [0.5, 0.6) is 0 Å². The molecule has 3 nitrogen and oxygen atoms in total. The third-order valence-electron chi connectivity index (χ3n) is 2.31. The zero-order chi connectivity index (χ0) is 10.8. The van der Waals surface area contributed by atoms with Crippen LogP contribution >= 0.6 is 23.2 Å². The molecule has 2 rings (SSSR count). The van der Waals surface area contributed by atoms with Crippen molar-refractivity contribution in [3.8, 4) is 0 Å². The second kappa shape index (κ2) is 4.39. The molecule has 0 saturated carbocycles. The van der Waals surface area contributed by atoms with Crippen LogP contribution in [0.15, 0.2) is 18.2 Å². The minimum absolute atomic E-state index is 0.0505. The van der Waals surface area contributed by atoms with Crippen molar-refractivity contribution < 1.29 is 4.79 Å². The van der Waals surface area contributed by atoms with Gasteiger partial charge >= 0.3 is 0 Å². The summed E-state index contributed by atoms with van der Waals surface area (Å²) < 4.78 is 0. The summed E-state index contributed by atoms with van der Waals surface area (Å²) in [6.45, 7) is 1.40. The second-order valence-corrected chi connectivity index (χ2v) is 4.19. The first-order valence-corrected chi connectivity index (χ1v) is 5.40. The van der Waals surface area contributed by atoms with Crippen molar-refractivity contribution in [3.05, 3.63) is 33.8 Å². The molecule has 15 heavy (non-hydrogen) atoms. The van der Waals surface area contributed by atoms with Gasteiger partial charge in [0.15, 0.2) is 0 Å². The number of halogens is 2. The number of hydrogen-bond donors (Lipinski definition) is 2. The quantitative estimate of drug-likeness (QED) is 0.791. The fraction of sp³-hybridized carbons (Fsp3) is 0.300. The van der Waals surface area contributed by atoms with Crippen LogP contribution in [0, 0.1) is 0 Å². The van der Waals surface area contributed by atoms with Gasteiger partial charge in [-0.1, -0.05) is 29.3 Å². The molecular weight excluding hydrogens is 235 g/mol. The minimum Gasteiger partial charge on any atom is -0.353 e. The Morgan fingerprint density at radius 3 is 2.73 bits per heavy atom. The molecule has 1 fully saturated rings. The fourth-order valence-electron chi connectivity index (χ4n) is 1.58. The van der Waals surface area contributed by atoms with Gasteiger partial charge in [-0.05, 0) is 17.7 Å². The van der Waals surface area contributed by atoms with E-state index in [1.165, 1.54) is 0 Å². The number of nitrogens with one attached hydrogen (secondary N) is 2. The van der Waals surface area contributed by atoms with E-state index in [1.54, 1.807) is 18.2 Å². The van der Waals surface area contributed by atoms with E-state index in [2.05, 4.69) is 10.6 Å². The summed E-state index contributed by atoms with van der Waals surface area (Å²) in [6, 6.07) is 4.77. The van der Waals surface area contributed by atoms with Crippen LogP contribution in [-0.2, 0) is 4.79 Å². The number of piperazine rings is 1. The molecular formula is C10H10Cl2N2O. The van der Waals surface area contributed by atoms with E-state index in [9.17, 15) is 4.79 Å². The first-order chi connectivity index (χ1) is 7.18. The lowest BCUT2D eigenvalue weighted by molar-refractivity contribution is -0.124. The molecule has 1 aliphatic heterocycles. The monoisotopic (exact) mass is 244 g/mol. The maximum absolute atomic E-state index is 11.6. The largest absolute Gasteiger partial charge is 0.353 e. The Bertz CT molecular complexity index is 395. The molecule has 1 aromatic rings. The molecule has 0 aromatic heterocycles. The Labute approximate surface area is 97.8 Å². The smallest absolute Gasteiger partial charge is 0.241 e. The highest BCUT2D eigenvalue weighted by molar-refractivity contribution is 6.35. The molecule has 1 aliphatic rings. The van der Waals surface area contributed by atoms with Crippen LogP contribution in [0.1, 0.15) is 11.6 Å². The average Bonchev–Trinajstić information content (AvgIpc) is 2.20. The molecule has 0 aliphatic carbocycles. The van der Waals surface area contributed by atoms with E-state index in [1.807, 2.05) is 0 Å². The topological polar surface area (TPSA) is 41.1 Å². The highest BCUT2D eigenvalue weighted by atomic mass is 35.5. The molecule has 0 radical (unpaired) electrons. The van der Waals surface area contributed by atoms with Gasteiger partial charge in [0.1, 0.15) is 6.04 Å². The standard InChI is InChI=1S/C10H10Cl2N2O/c11-6-1-2-7(8(12)5-6)9-10(15)14-4-3-13-9/h1-2,5,9,13H,3-4H2,(H,14,15)/t9-/m0/s1. The van der Waals surface area contributed by atoms with Gasteiger partial charge in [-0.2, -0.15) is 0 Å². The summed E-state index contributed by atoms with van der Waals surface area (Å²) in [7, 11) is 0. The highest BCUT2D eigenvalue weighted by Crippen LogP contribution is 2.26. The first kappa shape index (κ1) is 10.7. The summed E-state index contributed by atoms with van der Waals surface area (Å²) in [5.41, 5.74) is 0.762. The molecule has 1 atom stereocenters. The number of rotatable bonds is 1. The Morgan fingerprint density at radius 1 is 1.27 bits per heavy atom. The van der Waals surface area contributed by atoms with Crippen LogP contribution in [0.4, 0.5) is 0 Å². The minimum atomic E-state index is -0.372. The van der Waals surface area contributed by atoms with Crippen molar-refractivity contribution in [3.63, 3.8) is 0 Å². The molecule has 1 heterocycles. The predicted molar refractivity (Wildman–Crippen MR) is 60.2 cm³/mol. The van der Waals surface area contributed by atoms with Crippen molar-refractivity contribution in [1.29, 1.82) is 0 Å². The van der Waals surface area contributed by atoms with Crippen molar-refractivity contribution in [2.75, 3.05) is 13.1 Å². The molecule has 1 aromatic carbocycles. The highest BCUT2D eigenvalue weighted by Gasteiger charge is 2.24. The van der Waals surface area contributed by atoms with Crippen LogP contribution in [0.2, 0.25) is 10.0 Å². The van der Waals surface area contributed by atoms with Crippen LogP contribution < -0.4 is 10.6 Å². The molecule has 0 spiro atoms. The third kappa shape index (κ3) is 2.25. The van der Waals surface area contributed by atoms with E-state index in [4.69, 9.17) is 23.2 Å². The van der Waals surface area contributed by atoms with Crippen LogP contribution in [0.3, 0.4) is 0 Å². The lowest BCUT2D eigenvalue weighted by Gasteiger charge is -2.24. The number of carbonyl (C=O) groups is 1.